The van der Waals surface area contributed by atoms with Crippen LogP contribution >= 0.6 is 0 Å². The number of nitrogens with one attached hydrogen (secondary N) is 2. The Hall–Kier alpha value is -1.75. The maximum absolute atomic E-state index is 5.68. The molecule has 0 unspecified atom stereocenters. The Labute approximate surface area is 127 Å². The number of benzene rings is 1. The molecule has 5 nitrogen and oxygen atoms in total. The van der Waals surface area contributed by atoms with Crippen molar-refractivity contribution in [2.75, 3.05) is 40.5 Å². The van der Waals surface area contributed by atoms with E-state index in [1.54, 1.807) is 14.2 Å². The summed E-state index contributed by atoms with van der Waals surface area (Å²) in [5.74, 6) is 1.75. The van der Waals surface area contributed by atoms with Gasteiger partial charge in [-0.25, -0.2) is 0 Å². The zero-order valence-electron chi connectivity index (χ0n) is 13.3. The zero-order chi connectivity index (χ0) is 15.3. The van der Waals surface area contributed by atoms with E-state index in [1.165, 1.54) is 5.56 Å². The van der Waals surface area contributed by atoms with Gasteiger partial charge in [-0.2, -0.15) is 0 Å². The molecule has 0 aromatic heterocycles. The highest BCUT2D eigenvalue weighted by Gasteiger charge is 1.97. The molecule has 0 aliphatic heterocycles. The summed E-state index contributed by atoms with van der Waals surface area (Å²) in [6.45, 7) is 5.12. The van der Waals surface area contributed by atoms with Gasteiger partial charge in [0.15, 0.2) is 5.96 Å². The summed E-state index contributed by atoms with van der Waals surface area (Å²) in [6, 6.07) is 8.14. The second kappa shape index (κ2) is 11.0. The molecule has 1 aromatic rings. The van der Waals surface area contributed by atoms with Crippen molar-refractivity contribution in [3.05, 3.63) is 29.8 Å². The normalized spacial score (nSPS) is 11.3. The topological polar surface area (TPSA) is 54.9 Å². The van der Waals surface area contributed by atoms with Crippen LogP contribution in [0.4, 0.5) is 0 Å². The first kappa shape index (κ1) is 17.3. The second-order valence-corrected chi connectivity index (χ2v) is 4.79. The molecule has 1 aromatic carbocycles. The molecular weight excluding hydrogens is 266 g/mol. The third kappa shape index (κ3) is 8.19. The highest BCUT2D eigenvalue weighted by molar-refractivity contribution is 5.79. The Morgan fingerprint density at radius 3 is 2.43 bits per heavy atom. The molecule has 0 bridgehead atoms. The first-order valence-electron chi connectivity index (χ1n) is 7.39. The minimum absolute atomic E-state index is 0.672. The summed E-state index contributed by atoms with van der Waals surface area (Å²) in [7, 11) is 3.45. The number of aliphatic imine (C=N–C) groups is 1. The van der Waals surface area contributed by atoms with Gasteiger partial charge in [0.2, 0.25) is 0 Å². The van der Waals surface area contributed by atoms with Gasteiger partial charge in [0.25, 0.3) is 0 Å². The molecule has 0 aliphatic rings. The first-order valence-corrected chi connectivity index (χ1v) is 7.39. The van der Waals surface area contributed by atoms with Crippen LogP contribution in [0.25, 0.3) is 0 Å². The minimum atomic E-state index is 0.672. The number of hydrogen-bond donors (Lipinski definition) is 2. The van der Waals surface area contributed by atoms with Crippen LogP contribution < -0.4 is 15.4 Å². The van der Waals surface area contributed by atoms with Crippen molar-refractivity contribution in [2.24, 2.45) is 4.99 Å². The van der Waals surface area contributed by atoms with Crippen LogP contribution in [-0.4, -0.2) is 46.4 Å². The number of guanidine groups is 1. The Balaban J connectivity index is 2.04. The average molecular weight is 293 g/mol. The summed E-state index contributed by atoms with van der Waals surface area (Å²) in [5.41, 5.74) is 1.25. The van der Waals surface area contributed by atoms with Gasteiger partial charge >= 0.3 is 0 Å². The highest BCUT2D eigenvalue weighted by Crippen LogP contribution is 2.11. The van der Waals surface area contributed by atoms with E-state index in [-0.39, 0.29) is 0 Å². The van der Waals surface area contributed by atoms with Crippen LogP contribution in [0.1, 0.15) is 18.4 Å². The molecule has 0 amide bonds. The lowest BCUT2D eigenvalue weighted by atomic mass is 10.2. The SMILES string of the molecule is CN=C(NCCCCOc1ccc(C)cc1)NCCOC. The third-order valence-corrected chi connectivity index (χ3v) is 2.98. The van der Waals surface area contributed by atoms with Crippen LogP contribution in [-0.2, 0) is 4.74 Å². The molecule has 2 N–H and O–H groups in total. The molecule has 0 heterocycles. The standard InChI is InChI=1S/C16H27N3O2/c1-14-6-8-15(9-7-14)21-12-5-4-10-18-16(17-2)19-11-13-20-3/h6-9H,4-5,10-13H2,1-3H3,(H2,17,18,19). The predicted octanol–water partition coefficient (Wildman–Crippen LogP) is 1.97. The maximum Gasteiger partial charge on any atom is 0.191 e. The van der Waals surface area contributed by atoms with Crippen molar-refractivity contribution in [2.45, 2.75) is 19.8 Å². The largest absolute Gasteiger partial charge is 0.494 e. The monoisotopic (exact) mass is 293 g/mol. The van der Waals surface area contributed by atoms with Crippen molar-refractivity contribution < 1.29 is 9.47 Å². The number of ether oxygens (including phenoxy) is 2. The smallest absolute Gasteiger partial charge is 0.191 e. The predicted molar refractivity (Wildman–Crippen MR) is 87.1 cm³/mol. The summed E-state index contributed by atoms with van der Waals surface area (Å²) in [5, 5.41) is 6.44. The average Bonchev–Trinajstić information content (AvgIpc) is 2.50. The minimum Gasteiger partial charge on any atom is -0.494 e. The maximum atomic E-state index is 5.68. The van der Waals surface area contributed by atoms with Crippen LogP contribution in [0.15, 0.2) is 29.3 Å². The lowest BCUT2D eigenvalue weighted by Crippen LogP contribution is -2.39. The van der Waals surface area contributed by atoms with E-state index < -0.39 is 0 Å². The van der Waals surface area contributed by atoms with Gasteiger partial charge in [0.05, 0.1) is 13.2 Å². The van der Waals surface area contributed by atoms with E-state index >= 15 is 0 Å². The van der Waals surface area contributed by atoms with Gasteiger partial charge in [0.1, 0.15) is 5.75 Å². The van der Waals surface area contributed by atoms with Gasteiger partial charge in [0, 0.05) is 27.2 Å². The summed E-state index contributed by atoms with van der Waals surface area (Å²) in [4.78, 5) is 4.14. The Kier molecular flexibility index (Phi) is 9.04. The van der Waals surface area contributed by atoms with E-state index in [1.807, 2.05) is 12.1 Å². The number of methoxy groups -OCH3 is 1. The fourth-order valence-corrected chi connectivity index (χ4v) is 1.75. The summed E-state index contributed by atoms with van der Waals surface area (Å²) < 4.78 is 10.7. The van der Waals surface area contributed by atoms with Gasteiger partial charge < -0.3 is 20.1 Å². The third-order valence-electron chi connectivity index (χ3n) is 2.98. The molecule has 5 heteroatoms. The van der Waals surface area contributed by atoms with Crippen LogP contribution in [0, 0.1) is 6.92 Å². The van der Waals surface area contributed by atoms with Gasteiger partial charge in [-0.15, -0.1) is 0 Å². The molecule has 0 atom stereocenters. The van der Waals surface area contributed by atoms with E-state index in [4.69, 9.17) is 9.47 Å². The number of aryl methyl sites for hydroxylation is 1. The van der Waals surface area contributed by atoms with Crippen molar-refractivity contribution in [1.82, 2.24) is 10.6 Å². The molecule has 0 fully saturated rings. The number of unbranched alkanes of at least 4 members (excludes halogenated alkanes) is 1. The van der Waals surface area contributed by atoms with Crippen molar-refractivity contribution >= 4 is 5.96 Å². The molecule has 0 saturated carbocycles. The first-order chi connectivity index (χ1) is 10.3. The van der Waals surface area contributed by atoms with E-state index in [0.717, 1.165) is 44.2 Å². The van der Waals surface area contributed by atoms with Crippen molar-refractivity contribution in [1.29, 1.82) is 0 Å². The van der Waals surface area contributed by atoms with Crippen LogP contribution in [0.2, 0.25) is 0 Å². The second-order valence-electron chi connectivity index (χ2n) is 4.79. The van der Waals surface area contributed by atoms with Gasteiger partial charge in [-0.3, -0.25) is 4.99 Å². The fourth-order valence-electron chi connectivity index (χ4n) is 1.75. The number of nitrogens with zero attached hydrogens (tertiary/aromatic N) is 1. The van der Waals surface area contributed by atoms with Gasteiger partial charge in [-0.1, -0.05) is 17.7 Å². The van der Waals surface area contributed by atoms with Crippen molar-refractivity contribution in [3.8, 4) is 5.75 Å². The fraction of sp³-hybridized carbons (Fsp3) is 0.562. The Morgan fingerprint density at radius 1 is 1.05 bits per heavy atom. The molecule has 0 aliphatic carbocycles. The van der Waals surface area contributed by atoms with E-state index in [2.05, 4.69) is 34.7 Å². The van der Waals surface area contributed by atoms with Crippen LogP contribution in [0.5, 0.6) is 5.75 Å². The van der Waals surface area contributed by atoms with Crippen molar-refractivity contribution in [3.63, 3.8) is 0 Å². The van der Waals surface area contributed by atoms with Crippen LogP contribution in [0.3, 0.4) is 0 Å². The number of rotatable bonds is 9. The summed E-state index contributed by atoms with van der Waals surface area (Å²) >= 11 is 0. The highest BCUT2D eigenvalue weighted by atomic mass is 16.5. The lowest BCUT2D eigenvalue weighted by Gasteiger charge is -2.11. The molecule has 1 rings (SSSR count). The van der Waals surface area contributed by atoms with E-state index in [0.29, 0.717) is 6.61 Å². The Morgan fingerprint density at radius 2 is 1.76 bits per heavy atom. The zero-order valence-corrected chi connectivity index (χ0v) is 13.3. The molecule has 21 heavy (non-hydrogen) atoms. The molecule has 0 saturated heterocycles. The Bertz CT molecular complexity index is 404. The lowest BCUT2D eigenvalue weighted by molar-refractivity contribution is 0.203. The number of hydrogen-bond acceptors (Lipinski definition) is 3. The molecule has 118 valence electrons. The summed E-state index contributed by atoms with van der Waals surface area (Å²) in [6.07, 6.45) is 2.05. The van der Waals surface area contributed by atoms with Gasteiger partial charge in [-0.05, 0) is 31.9 Å². The molecular formula is C16H27N3O2. The quantitative estimate of drug-likeness (QED) is 0.415. The van der Waals surface area contributed by atoms with E-state index in [9.17, 15) is 0 Å². The molecule has 0 spiro atoms. The molecule has 0 radical (unpaired) electrons.